The molecule has 1 amide bonds. The number of aliphatic carboxylic acids is 2. The molecule has 0 heterocycles. The minimum atomic E-state index is -4.50. The van der Waals surface area contributed by atoms with E-state index in [1.807, 2.05) is 5.32 Å². The summed E-state index contributed by atoms with van der Waals surface area (Å²) in [6.07, 6.45) is -1.25. The van der Waals surface area contributed by atoms with Gasteiger partial charge in [0.2, 0.25) is 0 Å². The molecule has 1 unspecified atom stereocenters. The molecule has 0 aliphatic carbocycles. The molecule has 0 aliphatic rings. The zero-order chi connectivity index (χ0) is 23.5. The van der Waals surface area contributed by atoms with Crippen LogP contribution in [0.15, 0.2) is 30.3 Å². The highest BCUT2D eigenvalue weighted by molar-refractivity contribution is 5.85. The number of rotatable bonds is 7. The van der Waals surface area contributed by atoms with E-state index in [9.17, 15) is 24.6 Å². The van der Waals surface area contributed by atoms with Crippen molar-refractivity contribution < 1.29 is 38.1 Å². The predicted molar refractivity (Wildman–Crippen MR) is 105 cm³/mol. The van der Waals surface area contributed by atoms with Crippen LogP contribution in [0.2, 0.25) is 0 Å². The summed E-state index contributed by atoms with van der Waals surface area (Å²) in [5.41, 5.74) is -5.25. The van der Waals surface area contributed by atoms with Crippen molar-refractivity contribution in [2.75, 3.05) is 0 Å². The summed E-state index contributed by atoms with van der Waals surface area (Å²) in [7, 11) is 0. The molecule has 1 rings (SSSR count). The van der Waals surface area contributed by atoms with Crippen molar-refractivity contribution in [1.82, 2.24) is 5.32 Å². The Kier molecular flexibility index (Phi) is 7.24. The molecule has 7 nitrogen and oxygen atoms in total. The van der Waals surface area contributed by atoms with E-state index in [0.717, 1.165) is 0 Å². The quantitative estimate of drug-likeness (QED) is 0.600. The Bertz CT molecular complexity index is 767. The zero-order valence-corrected chi connectivity index (χ0v) is 18.0. The van der Waals surface area contributed by atoms with Gasteiger partial charge in [-0.3, -0.25) is 0 Å². The minimum absolute atomic E-state index is 0.216. The smallest absolute Gasteiger partial charge is 0.408 e. The summed E-state index contributed by atoms with van der Waals surface area (Å²) in [4.78, 5) is 36.1. The Morgan fingerprint density at radius 1 is 0.967 bits per heavy atom. The number of carbonyl (C=O) groups is 3. The number of ether oxygens (including phenoxy) is 1. The summed E-state index contributed by atoms with van der Waals surface area (Å²) in [5, 5.41) is 21.1. The van der Waals surface area contributed by atoms with Gasteiger partial charge in [0.25, 0.3) is 0 Å². The first-order valence-corrected chi connectivity index (χ1v) is 9.31. The van der Waals surface area contributed by atoms with E-state index in [1.54, 1.807) is 30.3 Å². The van der Waals surface area contributed by atoms with E-state index in [2.05, 4.69) is 0 Å². The first-order valence-electron chi connectivity index (χ1n) is 9.31. The summed E-state index contributed by atoms with van der Waals surface area (Å²) in [6, 6.07) is 6.22. The molecule has 0 saturated heterocycles. The Morgan fingerprint density at radius 3 is 1.80 bits per heavy atom. The third-order valence-corrected chi connectivity index (χ3v) is 5.28. The van der Waals surface area contributed by atoms with Gasteiger partial charge in [0.05, 0.1) is 5.41 Å². The van der Waals surface area contributed by atoms with Crippen molar-refractivity contribution in [3.8, 4) is 0 Å². The highest BCUT2D eigenvalue weighted by Gasteiger charge is 2.74. The van der Waals surface area contributed by atoms with E-state index in [4.69, 9.17) is 4.74 Å². The van der Waals surface area contributed by atoms with E-state index in [0.29, 0.717) is 5.56 Å². The Hall–Kier alpha value is -2.71. The average molecular weight is 429 g/mol. The highest BCUT2D eigenvalue weighted by Crippen LogP contribution is 2.62. The number of carboxylic acids is 2. The third kappa shape index (κ3) is 4.55. The summed E-state index contributed by atoms with van der Waals surface area (Å²) < 4.78 is 35.6. The normalized spacial score (nSPS) is 14.0. The van der Waals surface area contributed by atoms with Crippen molar-refractivity contribution in [3.63, 3.8) is 0 Å². The zero-order valence-electron chi connectivity index (χ0n) is 18.0. The van der Waals surface area contributed by atoms with Crippen LogP contribution in [-0.2, 0) is 20.9 Å². The monoisotopic (exact) mass is 429 g/mol. The molecule has 3 N–H and O–H groups in total. The van der Waals surface area contributed by atoms with Gasteiger partial charge >= 0.3 is 24.0 Å². The molecule has 9 heteroatoms. The number of hydrogen-bond acceptors (Lipinski definition) is 4. The van der Waals surface area contributed by atoms with Crippen LogP contribution in [0.3, 0.4) is 0 Å². The van der Waals surface area contributed by atoms with Crippen molar-refractivity contribution in [2.24, 2.45) is 16.2 Å². The molecule has 30 heavy (non-hydrogen) atoms. The second-order valence-electron chi connectivity index (χ2n) is 9.16. The van der Waals surface area contributed by atoms with Gasteiger partial charge in [-0.1, -0.05) is 71.9 Å². The number of amides is 1. The van der Waals surface area contributed by atoms with Gasteiger partial charge in [-0.15, -0.1) is 0 Å². The maximum absolute atomic E-state index is 15.3. The van der Waals surface area contributed by atoms with Gasteiger partial charge in [-0.25, -0.2) is 14.4 Å². The number of alkyl halides is 2. The maximum Gasteiger partial charge on any atom is 0.408 e. The first-order chi connectivity index (χ1) is 13.5. The number of halogens is 2. The van der Waals surface area contributed by atoms with Gasteiger partial charge in [0, 0.05) is 0 Å². The van der Waals surface area contributed by atoms with Gasteiger partial charge in [0.1, 0.15) is 12.6 Å². The average Bonchev–Trinajstić information content (AvgIpc) is 2.57. The van der Waals surface area contributed by atoms with E-state index >= 15 is 8.78 Å². The summed E-state index contributed by atoms with van der Waals surface area (Å²) in [5.74, 6) is -8.77. The van der Waals surface area contributed by atoms with E-state index in [1.165, 1.54) is 41.5 Å². The van der Waals surface area contributed by atoms with Gasteiger partial charge in [0.15, 0.2) is 0 Å². The molecule has 1 aromatic rings. The number of nitrogens with one attached hydrogen (secondary N) is 1. The number of carbonyl (C=O) groups excluding carboxylic acids is 1. The fraction of sp³-hybridized carbons (Fsp3) is 0.571. The summed E-state index contributed by atoms with van der Waals surface area (Å²) in [6.45, 7) is 7.71. The SMILES string of the molecule is CC(C)(C)C(C(NC(=O)OCc1ccccc1)C(=O)O)(C(C)(C)C)C(F)(F)C(=O)O. The van der Waals surface area contributed by atoms with Crippen LogP contribution in [0.25, 0.3) is 0 Å². The van der Waals surface area contributed by atoms with Gasteiger partial charge in [-0.2, -0.15) is 8.78 Å². The van der Waals surface area contributed by atoms with Crippen LogP contribution in [0, 0.1) is 16.2 Å². The number of hydrogen-bond donors (Lipinski definition) is 3. The molecule has 0 saturated carbocycles. The van der Waals surface area contributed by atoms with Crippen molar-refractivity contribution >= 4 is 18.0 Å². The molecule has 0 aliphatic heterocycles. The number of benzene rings is 1. The standard InChI is InChI=1S/C21H29F2NO6/c1-18(2,3)20(19(4,5)6,21(22,23)16(27)28)14(15(25)26)24-17(29)30-12-13-10-8-7-9-11-13/h7-11,14H,12H2,1-6H3,(H,24,29)(H,25,26)(H,27,28). The fourth-order valence-corrected chi connectivity index (χ4v) is 4.52. The molecule has 168 valence electrons. The molecule has 0 spiro atoms. The second kappa shape index (κ2) is 8.57. The Balaban J connectivity index is 3.47. The van der Waals surface area contributed by atoms with Gasteiger partial charge < -0.3 is 20.3 Å². The second-order valence-corrected chi connectivity index (χ2v) is 9.16. The van der Waals surface area contributed by atoms with E-state index < -0.39 is 46.2 Å². The highest BCUT2D eigenvalue weighted by atomic mass is 19.3. The number of alkyl carbamates (subject to hydrolysis) is 1. The lowest BCUT2D eigenvalue weighted by atomic mass is 9.47. The van der Waals surface area contributed by atoms with E-state index in [-0.39, 0.29) is 6.61 Å². The van der Waals surface area contributed by atoms with Crippen LogP contribution >= 0.6 is 0 Å². The minimum Gasteiger partial charge on any atom is -0.480 e. The van der Waals surface area contributed by atoms with Gasteiger partial charge in [-0.05, 0) is 16.4 Å². The lowest BCUT2D eigenvalue weighted by molar-refractivity contribution is -0.246. The molecule has 0 fully saturated rings. The molecular weight excluding hydrogens is 400 g/mol. The van der Waals surface area contributed by atoms with Crippen LogP contribution in [-0.4, -0.2) is 40.2 Å². The van der Waals surface area contributed by atoms with Crippen molar-refractivity contribution in [3.05, 3.63) is 35.9 Å². The molecule has 0 bridgehead atoms. The van der Waals surface area contributed by atoms with Crippen LogP contribution < -0.4 is 5.32 Å². The Labute approximate surface area is 174 Å². The molecule has 0 aromatic heterocycles. The molecular formula is C21H29F2NO6. The van der Waals surface area contributed by atoms with Crippen molar-refractivity contribution in [2.45, 2.75) is 60.1 Å². The first kappa shape index (κ1) is 25.3. The van der Waals surface area contributed by atoms with Crippen LogP contribution in [0.5, 0.6) is 0 Å². The molecule has 1 atom stereocenters. The summed E-state index contributed by atoms with van der Waals surface area (Å²) >= 11 is 0. The van der Waals surface area contributed by atoms with Crippen LogP contribution in [0.1, 0.15) is 47.1 Å². The van der Waals surface area contributed by atoms with Crippen LogP contribution in [0.4, 0.5) is 13.6 Å². The largest absolute Gasteiger partial charge is 0.480 e. The lowest BCUT2D eigenvalue weighted by Gasteiger charge is -2.57. The molecule has 1 aromatic carbocycles. The number of carboxylic acid groups (broad SMARTS) is 2. The maximum atomic E-state index is 15.3. The lowest BCUT2D eigenvalue weighted by Crippen LogP contribution is -2.72. The predicted octanol–water partition coefficient (Wildman–Crippen LogP) is 4.16. The fourth-order valence-electron chi connectivity index (χ4n) is 4.52. The third-order valence-electron chi connectivity index (χ3n) is 5.28. The Morgan fingerprint density at radius 2 is 1.43 bits per heavy atom. The van der Waals surface area contributed by atoms with Crippen molar-refractivity contribution in [1.29, 1.82) is 0 Å². The molecule has 0 radical (unpaired) electrons. The topological polar surface area (TPSA) is 113 Å².